The number of likely N-dealkylation sites (N-methyl/N-ethyl adjacent to an activating group) is 1. The lowest BCUT2D eigenvalue weighted by atomic mass is 10.2. The van der Waals surface area contributed by atoms with Gasteiger partial charge in [0, 0.05) is 33.3 Å². The quantitative estimate of drug-likeness (QED) is 0.357. The van der Waals surface area contributed by atoms with Crippen LogP contribution in [0.25, 0.3) is 0 Å². The monoisotopic (exact) mass is 444 g/mol. The molecule has 1 unspecified atom stereocenters. The molecule has 0 heterocycles. The molecule has 0 aliphatic rings. The SMILES string of the molecule is CCNC(=NCCN(C)C(=O)OC(C)(C)C)NC(C)COC.I. The number of amides is 1. The standard InChI is InChI=1S/C15H32N4O3.HI/c1-8-16-13(18-12(2)11-21-7)17-9-10-19(6)14(20)22-15(3,4)5;/h12H,8-11H2,1-7H3,(H2,16,17,18);1H. The first-order chi connectivity index (χ1) is 10.2. The largest absolute Gasteiger partial charge is 0.444 e. The maximum Gasteiger partial charge on any atom is 0.410 e. The van der Waals surface area contributed by atoms with Gasteiger partial charge < -0.3 is 25.0 Å². The van der Waals surface area contributed by atoms with Gasteiger partial charge in [-0.25, -0.2) is 4.79 Å². The van der Waals surface area contributed by atoms with E-state index in [1.54, 1.807) is 14.2 Å². The lowest BCUT2D eigenvalue weighted by molar-refractivity contribution is 0.0304. The molecule has 0 radical (unpaired) electrons. The summed E-state index contributed by atoms with van der Waals surface area (Å²) >= 11 is 0. The van der Waals surface area contributed by atoms with Crippen LogP contribution in [0.15, 0.2) is 4.99 Å². The van der Waals surface area contributed by atoms with Crippen LogP contribution < -0.4 is 10.6 Å². The zero-order valence-electron chi connectivity index (χ0n) is 15.4. The third kappa shape index (κ3) is 13.4. The Morgan fingerprint density at radius 1 is 1.35 bits per heavy atom. The van der Waals surface area contributed by atoms with Crippen molar-refractivity contribution in [2.24, 2.45) is 4.99 Å². The molecule has 0 spiro atoms. The van der Waals surface area contributed by atoms with Crippen molar-refractivity contribution in [1.82, 2.24) is 15.5 Å². The van der Waals surface area contributed by atoms with Crippen LogP contribution in [0.4, 0.5) is 4.79 Å². The number of nitrogens with one attached hydrogen (secondary N) is 2. The fraction of sp³-hybridized carbons (Fsp3) is 0.867. The number of hydrogen-bond donors (Lipinski definition) is 2. The molecule has 1 amide bonds. The van der Waals surface area contributed by atoms with Gasteiger partial charge in [-0.15, -0.1) is 24.0 Å². The molecule has 23 heavy (non-hydrogen) atoms. The Hall–Kier alpha value is -0.770. The van der Waals surface area contributed by atoms with Crippen molar-refractivity contribution in [2.75, 3.05) is 40.4 Å². The molecule has 2 N–H and O–H groups in total. The van der Waals surface area contributed by atoms with E-state index in [0.29, 0.717) is 25.7 Å². The van der Waals surface area contributed by atoms with Crippen LogP contribution in [-0.4, -0.2) is 69.0 Å². The van der Waals surface area contributed by atoms with Gasteiger partial charge in [0.2, 0.25) is 0 Å². The van der Waals surface area contributed by atoms with E-state index >= 15 is 0 Å². The second kappa shape index (κ2) is 12.6. The van der Waals surface area contributed by atoms with Gasteiger partial charge in [0.1, 0.15) is 5.60 Å². The van der Waals surface area contributed by atoms with E-state index < -0.39 is 5.60 Å². The Morgan fingerprint density at radius 2 is 1.96 bits per heavy atom. The average molecular weight is 444 g/mol. The fourth-order valence-electron chi connectivity index (χ4n) is 1.59. The smallest absolute Gasteiger partial charge is 0.410 e. The number of carbonyl (C=O) groups excluding carboxylic acids is 1. The number of ether oxygens (including phenoxy) is 2. The summed E-state index contributed by atoms with van der Waals surface area (Å²) in [5.41, 5.74) is -0.485. The van der Waals surface area contributed by atoms with E-state index in [4.69, 9.17) is 9.47 Å². The van der Waals surface area contributed by atoms with Crippen LogP contribution in [-0.2, 0) is 9.47 Å². The normalized spacial score (nSPS) is 12.9. The molecule has 0 aliphatic carbocycles. The number of carbonyl (C=O) groups is 1. The Labute approximate surface area is 157 Å². The molecule has 0 bridgehead atoms. The molecule has 0 saturated heterocycles. The van der Waals surface area contributed by atoms with Crippen LogP contribution in [0.3, 0.4) is 0 Å². The summed E-state index contributed by atoms with van der Waals surface area (Å²) in [4.78, 5) is 17.8. The third-order valence-corrected chi connectivity index (χ3v) is 2.55. The highest BCUT2D eigenvalue weighted by Crippen LogP contribution is 2.08. The van der Waals surface area contributed by atoms with E-state index in [1.807, 2.05) is 34.6 Å². The van der Waals surface area contributed by atoms with Gasteiger partial charge in [0.25, 0.3) is 0 Å². The zero-order chi connectivity index (χ0) is 17.2. The average Bonchev–Trinajstić information content (AvgIpc) is 2.36. The predicted molar refractivity (Wildman–Crippen MR) is 105 cm³/mol. The first kappa shape index (κ1) is 24.5. The summed E-state index contributed by atoms with van der Waals surface area (Å²) < 4.78 is 10.4. The van der Waals surface area contributed by atoms with E-state index in [9.17, 15) is 4.79 Å². The number of guanidine groups is 1. The van der Waals surface area contributed by atoms with Crippen LogP contribution in [0.1, 0.15) is 34.6 Å². The second-order valence-corrected chi connectivity index (χ2v) is 6.16. The molecule has 7 nitrogen and oxygen atoms in total. The molecule has 0 fully saturated rings. The predicted octanol–water partition coefficient (Wildman–Crippen LogP) is 2.06. The van der Waals surface area contributed by atoms with Gasteiger partial charge >= 0.3 is 6.09 Å². The van der Waals surface area contributed by atoms with E-state index in [-0.39, 0.29) is 36.1 Å². The minimum Gasteiger partial charge on any atom is -0.444 e. The highest BCUT2D eigenvalue weighted by molar-refractivity contribution is 14.0. The Balaban J connectivity index is 0. The number of aliphatic imine (C=N–C) groups is 1. The first-order valence-corrected chi connectivity index (χ1v) is 7.67. The Morgan fingerprint density at radius 3 is 2.43 bits per heavy atom. The fourth-order valence-corrected chi connectivity index (χ4v) is 1.59. The van der Waals surface area contributed by atoms with E-state index in [0.717, 1.165) is 6.54 Å². The van der Waals surface area contributed by atoms with Gasteiger partial charge in [0.05, 0.1) is 13.2 Å². The molecule has 0 aromatic carbocycles. The van der Waals surface area contributed by atoms with Gasteiger partial charge in [-0.3, -0.25) is 4.99 Å². The first-order valence-electron chi connectivity index (χ1n) is 7.67. The molecule has 138 valence electrons. The van der Waals surface area contributed by atoms with Crippen molar-refractivity contribution >= 4 is 36.0 Å². The molecule has 0 saturated carbocycles. The summed E-state index contributed by atoms with van der Waals surface area (Å²) in [5, 5.41) is 6.40. The van der Waals surface area contributed by atoms with Gasteiger partial charge in [0.15, 0.2) is 5.96 Å². The summed E-state index contributed by atoms with van der Waals surface area (Å²) in [5.74, 6) is 0.713. The maximum absolute atomic E-state index is 11.8. The van der Waals surface area contributed by atoms with E-state index in [2.05, 4.69) is 15.6 Å². The molecule has 8 heteroatoms. The molecule has 0 aromatic heterocycles. The van der Waals surface area contributed by atoms with Gasteiger partial charge in [-0.1, -0.05) is 0 Å². The molecular weight excluding hydrogens is 411 g/mol. The number of hydrogen-bond acceptors (Lipinski definition) is 4. The van der Waals surface area contributed by atoms with Crippen molar-refractivity contribution in [2.45, 2.75) is 46.3 Å². The lowest BCUT2D eigenvalue weighted by Crippen LogP contribution is -2.44. The molecule has 0 aromatic rings. The summed E-state index contributed by atoms with van der Waals surface area (Å²) in [6, 6.07) is 0.159. The van der Waals surface area contributed by atoms with Crippen LogP contribution in [0.5, 0.6) is 0 Å². The maximum atomic E-state index is 11.8. The third-order valence-electron chi connectivity index (χ3n) is 2.55. The number of halogens is 1. The van der Waals surface area contributed by atoms with Crippen LogP contribution in [0, 0.1) is 0 Å². The molecule has 0 rings (SSSR count). The Kier molecular flexibility index (Phi) is 13.4. The Bertz CT molecular complexity index is 359. The molecular formula is C15H33IN4O3. The van der Waals surface area contributed by atoms with Crippen LogP contribution >= 0.6 is 24.0 Å². The minimum absolute atomic E-state index is 0. The van der Waals surface area contributed by atoms with Crippen molar-refractivity contribution in [3.8, 4) is 0 Å². The molecule has 0 aliphatic heterocycles. The summed E-state index contributed by atoms with van der Waals surface area (Å²) in [6.07, 6.45) is -0.339. The van der Waals surface area contributed by atoms with E-state index in [1.165, 1.54) is 4.90 Å². The van der Waals surface area contributed by atoms with Crippen molar-refractivity contribution in [3.05, 3.63) is 0 Å². The van der Waals surface area contributed by atoms with Gasteiger partial charge in [-0.2, -0.15) is 0 Å². The number of rotatable bonds is 7. The lowest BCUT2D eigenvalue weighted by Gasteiger charge is -2.24. The zero-order valence-corrected chi connectivity index (χ0v) is 17.8. The van der Waals surface area contributed by atoms with Crippen molar-refractivity contribution < 1.29 is 14.3 Å². The topological polar surface area (TPSA) is 75.2 Å². The highest BCUT2D eigenvalue weighted by atomic mass is 127. The number of methoxy groups -OCH3 is 1. The molecule has 1 atom stereocenters. The van der Waals surface area contributed by atoms with Crippen molar-refractivity contribution in [1.29, 1.82) is 0 Å². The minimum atomic E-state index is -0.485. The summed E-state index contributed by atoms with van der Waals surface area (Å²) in [6.45, 7) is 11.9. The second-order valence-electron chi connectivity index (χ2n) is 6.16. The summed E-state index contributed by atoms with van der Waals surface area (Å²) in [7, 11) is 3.37. The number of nitrogens with zero attached hydrogens (tertiary/aromatic N) is 2. The van der Waals surface area contributed by atoms with Gasteiger partial charge in [-0.05, 0) is 34.6 Å². The van der Waals surface area contributed by atoms with Crippen LogP contribution in [0.2, 0.25) is 0 Å². The highest BCUT2D eigenvalue weighted by Gasteiger charge is 2.19. The van der Waals surface area contributed by atoms with Crippen molar-refractivity contribution in [3.63, 3.8) is 0 Å².